The van der Waals surface area contributed by atoms with Crippen LogP contribution in [-0.2, 0) is 26.2 Å². The van der Waals surface area contributed by atoms with Gasteiger partial charge in [-0.25, -0.2) is 8.42 Å². The van der Waals surface area contributed by atoms with Crippen LogP contribution in [0.25, 0.3) is 0 Å². The number of anilines is 1. The summed E-state index contributed by atoms with van der Waals surface area (Å²) in [5.74, 6) is -0.186. The Bertz CT molecular complexity index is 1570. The zero-order valence-corrected chi connectivity index (χ0v) is 27.5. The average molecular weight is 646 g/mol. The fraction of sp³-hybridized carbons (Fsp3) is 0.375. The van der Waals surface area contributed by atoms with Crippen LogP contribution in [0, 0.1) is 6.92 Å². The summed E-state index contributed by atoms with van der Waals surface area (Å²) in [4.78, 5) is 28.9. The minimum atomic E-state index is -4.43. The molecule has 10 nitrogen and oxygen atoms in total. The summed E-state index contributed by atoms with van der Waals surface area (Å²) >= 11 is 6.33. The van der Waals surface area contributed by atoms with Crippen molar-refractivity contribution in [2.75, 3.05) is 38.7 Å². The van der Waals surface area contributed by atoms with Crippen molar-refractivity contribution in [3.63, 3.8) is 0 Å². The van der Waals surface area contributed by atoms with E-state index in [1.165, 1.54) is 56.6 Å². The summed E-state index contributed by atoms with van der Waals surface area (Å²) in [6, 6.07) is 15.3. The molecular weight excluding hydrogens is 606 g/mol. The third kappa shape index (κ3) is 7.95. The van der Waals surface area contributed by atoms with Gasteiger partial charge in [0.1, 0.15) is 18.3 Å². The molecule has 0 unspecified atom stereocenters. The van der Waals surface area contributed by atoms with E-state index in [0.717, 1.165) is 21.9 Å². The minimum Gasteiger partial charge on any atom is -0.495 e. The molecule has 0 bridgehead atoms. The first kappa shape index (κ1) is 34.5. The molecule has 0 aliphatic rings. The maximum absolute atomic E-state index is 14.3. The van der Waals surface area contributed by atoms with E-state index < -0.39 is 28.5 Å². The summed E-state index contributed by atoms with van der Waals surface area (Å²) in [7, 11) is -0.194. The van der Waals surface area contributed by atoms with E-state index >= 15 is 0 Å². The normalized spacial score (nSPS) is 11.8. The smallest absolute Gasteiger partial charge is 0.265 e. The second kappa shape index (κ2) is 15.7. The molecule has 3 rings (SSSR count). The van der Waals surface area contributed by atoms with E-state index in [-0.39, 0.29) is 39.6 Å². The molecule has 1 N–H and O–H groups in total. The monoisotopic (exact) mass is 645 g/mol. The zero-order chi connectivity index (χ0) is 32.4. The topological polar surface area (TPSA) is 114 Å². The molecule has 1 atom stereocenters. The van der Waals surface area contributed by atoms with Gasteiger partial charge in [-0.1, -0.05) is 49.7 Å². The molecule has 3 aromatic rings. The lowest BCUT2D eigenvalue weighted by Gasteiger charge is -2.34. The number of hydrogen-bond donors (Lipinski definition) is 1. The van der Waals surface area contributed by atoms with Crippen LogP contribution >= 0.6 is 11.6 Å². The van der Waals surface area contributed by atoms with E-state index in [2.05, 4.69) is 5.32 Å². The summed E-state index contributed by atoms with van der Waals surface area (Å²) < 4.78 is 45.8. The molecule has 0 saturated heterocycles. The number of methoxy groups -OCH3 is 3. The predicted molar refractivity (Wildman–Crippen MR) is 171 cm³/mol. The highest BCUT2D eigenvalue weighted by atomic mass is 35.5. The van der Waals surface area contributed by atoms with Crippen LogP contribution < -0.4 is 23.8 Å². The SMILES string of the molecule is CCCNC(=O)[C@H](CC)N(Cc1ccccc1C)C(=O)CN(c1cc(Cl)ccc1OC)S(=O)(=O)c1ccc(OC)c(OC)c1. The number of benzene rings is 3. The second-order valence-electron chi connectivity index (χ2n) is 10.0. The molecule has 0 saturated carbocycles. The number of carbonyl (C=O) groups excluding carboxylic acids is 2. The third-order valence-electron chi connectivity index (χ3n) is 7.17. The number of ether oxygens (including phenoxy) is 3. The van der Waals surface area contributed by atoms with Crippen LogP contribution in [0.5, 0.6) is 17.2 Å². The lowest BCUT2D eigenvalue weighted by molar-refractivity contribution is -0.140. The van der Waals surface area contributed by atoms with Crippen LogP contribution in [0.1, 0.15) is 37.8 Å². The Morgan fingerprint density at radius 3 is 2.18 bits per heavy atom. The van der Waals surface area contributed by atoms with Gasteiger partial charge in [0.2, 0.25) is 11.8 Å². The van der Waals surface area contributed by atoms with Gasteiger partial charge in [0.25, 0.3) is 10.0 Å². The van der Waals surface area contributed by atoms with Gasteiger partial charge in [-0.2, -0.15) is 0 Å². The Labute approximate surface area is 264 Å². The predicted octanol–water partition coefficient (Wildman–Crippen LogP) is 5.20. The Morgan fingerprint density at radius 2 is 1.57 bits per heavy atom. The van der Waals surface area contributed by atoms with Gasteiger partial charge in [-0.15, -0.1) is 0 Å². The number of aryl methyl sites for hydroxylation is 1. The molecule has 0 spiro atoms. The molecule has 0 aromatic heterocycles. The van der Waals surface area contributed by atoms with Crippen molar-refractivity contribution in [2.24, 2.45) is 0 Å². The number of rotatable bonds is 15. The van der Waals surface area contributed by atoms with Crippen LogP contribution in [0.15, 0.2) is 65.6 Å². The molecule has 0 aliphatic heterocycles. The summed E-state index contributed by atoms with van der Waals surface area (Å²) in [5.41, 5.74) is 1.82. The molecular formula is C32H40ClN3O7S. The second-order valence-corrected chi connectivity index (χ2v) is 12.3. The highest BCUT2D eigenvalue weighted by Gasteiger charge is 2.35. The molecule has 0 aliphatic carbocycles. The Morgan fingerprint density at radius 1 is 0.909 bits per heavy atom. The maximum Gasteiger partial charge on any atom is 0.265 e. The first-order valence-corrected chi connectivity index (χ1v) is 16.0. The Kier molecular flexibility index (Phi) is 12.3. The number of nitrogens with one attached hydrogen (secondary N) is 1. The Balaban J connectivity index is 2.18. The zero-order valence-electron chi connectivity index (χ0n) is 25.9. The van der Waals surface area contributed by atoms with E-state index in [1.54, 1.807) is 6.07 Å². The fourth-order valence-corrected chi connectivity index (χ4v) is 6.33. The Hall–Kier alpha value is -3.96. The third-order valence-corrected chi connectivity index (χ3v) is 9.16. The molecule has 3 aromatic carbocycles. The molecule has 0 radical (unpaired) electrons. The van der Waals surface area contributed by atoms with Crippen LogP contribution in [0.2, 0.25) is 5.02 Å². The van der Waals surface area contributed by atoms with E-state index in [4.69, 9.17) is 25.8 Å². The lowest BCUT2D eigenvalue weighted by atomic mass is 10.1. The van der Waals surface area contributed by atoms with Crippen LogP contribution in [-0.4, -0.2) is 65.6 Å². The van der Waals surface area contributed by atoms with Crippen molar-refractivity contribution < 1.29 is 32.2 Å². The maximum atomic E-state index is 14.3. The minimum absolute atomic E-state index is 0.0578. The summed E-state index contributed by atoms with van der Waals surface area (Å²) in [5, 5.41) is 3.12. The van der Waals surface area contributed by atoms with Gasteiger partial charge in [-0.05, 0) is 61.2 Å². The highest BCUT2D eigenvalue weighted by Crippen LogP contribution is 2.37. The van der Waals surface area contributed by atoms with Gasteiger partial charge in [0.05, 0.1) is 31.9 Å². The van der Waals surface area contributed by atoms with Crippen molar-refractivity contribution in [3.05, 3.63) is 76.8 Å². The number of sulfonamides is 1. The van der Waals surface area contributed by atoms with Crippen molar-refractivity contribution >= 4 is 39.1 Å². The van der Waals surface area contributed by atoms with Gasteiger partial charge in [0.15, 0.2) is 11.5 Å². The number of carbonyl (C=O) groups is 2. The number of hydrogen-bond acceptors (Lipinski definition) is 7. The summed E-state index contributed by atoms with van der Waals surface area (Å²) in [6.45, 7) is 5.57. The number of halogens is 1. The van der Waals surface area contributed by atoms with Gasteiger partial charge >= 0.3 is 0 Å². The first-order chi connectivity index (χ1) is 21.0. The van der Waals surface area contributed by atoms with Crippen LogP contribution in [0.4, 0.5) is 5.69 Å². The molecule has 12 heteroatoms. The van der Waals surface area contributed by atoms with E-state index in [9.17, 15) is 18.0 Å². The van der Waals surface area contributed by atoms with Gasteiger partial charge in [-0.3, -0.25) is 13.9 Å². The highest BCUT2D eigenvalue weighted by molar-refractivity contribution is 7.92. The van der Waals surface area contributed by atoms with Gasteiger partial charge < -0.3 is 24.4 Å². The first-order valence-electron chi connectivity index (χ1n) is 14.2. The van der Waals surface area contributed by atoms with E-state index in [1.807, 2.05) is 45.0 Å². The van der Waals surface area contributed by atoms with Crippen molar-refractivity contribution in [2.45, 2.75) is 51.1 Å². The molecule has 238 valence electrons. The van der Waals surface area contributed by atoms with E-state index in [0.29, 0.717) is 18.7 Å². The van der Waals surface area contributed by atoms with Crippen LogP contribution in [0.3, 0.4) is 0 Å². The standard InChI is InChI=1S/C32H40ClN3O7S/c1-7-17-34-32(38)26(8-2)35(20-23-12-10-9-11-22(23)3)31(37)21-36(27-18-24(33)13-15-28(27)41-4)44(39,40)25-14-16-29(42-5)30(19-25)43-6/h9-16,18-19,26H,7-8,17,20-21H2,1-6H3,(H,34,38)/t26-/m0/s1. The molecule has 0 fully saturated rings. The van der Waals surface area contributed by atoms with Crippen molar-refractivity contribution in [3.8, 4) is 17.2 Å². The van der Waals surface area contributed by atoms with Gasteiger partial charge in [0, 0.05) is 24.2 Å². The van der Waals surface area contributed by atoms with Crippen molar-refractivity contribution in [1.82, 2.24) is 10.2 Å². The summed E-state index contributed by atoms with van der Waals surface area (Å²) in [6.07, 6.45) is 1.04. The molecule has 44 heavy (non-hydrogen) atoms. The lowest BCUT2D eigenvalue weighted by Crippen LogP contribution is -2.52. The average Bonchev–Trinajstić information content (AvgIpc) is 3.02. The number of amides is 2. The molecule has 2 amide bonds. The van der Waals surface area contributed by atoms with Crippen molar-refractivity contribution in [1.29, 1.82) is 0 Å². The molecule has 0 heterocycles. The largest absolute Gasteiger partial charge is 0.495 e. The quantitative estimate of drug-likeness (QED) is 0.242. The fourth-order valence-electron chi connectivity index (χ4n) is 4.73. The number of nitrogens with zero attached hydrogens (tertiary/aromatic N) is 2.